The van der Waals surface area contributed by atoms with Crippen LogP contribution in [0.25, 0.3) is 16.3 Å². The number of hydrogen-bond donors (Lipinski definition) is 2. The highest BCUT2D eigenvalue weighted by atomic mass is 19.1. The fourth-order valence-corrected chi connectivity index (χ4v) is 3.66. The van der Waals surface area contributed by atoms with Crippen molar-refractivity contribution < 1.29 is 14.3 Å². The predicted octanol–water partition coefficient (Wildman–Crippen LogP) is 5.38. The Bertz CT molecular complexity index is 1070. The van der Waals surface area contributed by atoms with Crippen LogP contribution in [0.5, 0.6) is 0 Å². The maximum Gasteiger partial charge on any atom is 0.231 e. The van der Waals surface area contributed by atoms with Crippen LogP contribution in [0.2, 0.25) is 0 Å². The van der Waals surface area contributed by atoms with Crippen LogP contribution < -0.4 is 5.32 Å². The van der Waals surface area contributed by atoms with E-state index in [4.69, 9.17) is 0 Å². The summed E-state index contributed by atoms with van der Waals surface area (Å²) in [6, 6.07) is 3.68. The topological polar surface area (TPSA) is 75.1 Å². The van der Waals surface area contributed by atoms with E-state index in [-0.39, 0.29) is 12.3 Å². The smallest absolute Gasteiger partial charge is 0.231 e. The van der Waals surface area contributed by atoms with E-state index >= 15 is 0 Å². The Balaban J connectivity index is 1.84. The number of nitrogens with one attached hydrogen (secondary N) is 1. The molecule has 2 N–H and O–H groups in total. The summed E-state index contributed by atoms with van der Waals surface area (Å²) in [6.45, 7) is 11.9. The maximum absolute atomic E-state index is 13.1. The molecular weight excluding hydrogens is 393 g/mol. The van der Waals surface area contributed by atoms with Crippen LogP contribution in [-0.2, 0) is 4.79 Å². The molecule has 1 amide bonds. The largest absolute Gasteiger partial charge is 0.385 e. The average molecular weight is 424 g/mol. The van der Waals surface area contributed by atoms with Crippen molar-refractivity contribution in [3.63, 3.8) is 0 Å². The second-order valence-electron chi connectivity index (χ2n) is 8.13. The Labute approximate surface area is 182 Å². The first kappa shape index (κ1) is 22.8. The number of carbonyl (C=O) groups excluding carboxylic acids is 1. The van der Waals surface area contributed by atoms with Crippen molar-refractivity contribution in [2.24, 2.45) is 5.92 Å². The number of rotatable bonds is 8. The number of pyridine rings is 2. The van der Waals surface area contributed by atoms with Gasteiger partial charge in [-0.3, -0.25) is 9.78 Å². The number of aromatic nitrogens is 2. The van der Waals surface area contributed by atoms with Gasteiger partial charge in [-0.25, -0.2) is 9.37 Å². The number of halogens is 1. The van der Waals surface area contributed by atoms with Crippen molar-refractivity contribution in [1.29, 1.82) is 0 Å². The molecule has 2 aromatic heterocycles. The number of nitrogens with zero attached hydrogens (tertiary/aromatic N) is 2. The van der Waals surface area contributed by atoms with Crippen molar-refractivity contribution >= 4 is 28.1 Å². The molecule has 2 atom stereocenters. The lowest BCUT2D eigenvalue weighted by atomic mass is 9.87. The van der Waals surface area contributed by atoms with Gasteiger partial charge in [0.1, 0.15) is 12.0 Å². The van der Waals surface area contributed by atoms with Crippen LogP contribution >= 0.6 is 0 Å². The number of fused-ring (bicyclic) bond motifs is 1. The van der Waals surface area contributed by atoms with Gasteiger partial charge in [0.05, 0.1) is 17.2 Å². The molecule has 164 valence electrons. The van der Waals surface area contributed by atoms with Crippen LogP contribution in [0, 0.1) is 5.92 Å². The zero-order chi connectivity index (χ0) is 22.8. The molecule has 6 heteroatoms. The van der Waals surface area contributed by atoms with Gasteiger partial charge in [-0.1, -0.05) is 32.6 Å². The molecule has 0 aliphatic heterocycles. The zero-order valence-corrected chi connectivity index (χ0v) is 18.6. The van der Waals surface area contributed by atoms with Gasteiger partial charge in [0, 0.05) is 23.2 Å². The number of hydrogen-bond acceptors (Lipinski definition) is 4. The normalized spacial score (nSPS) is 19.4. The van der Waals surface area contributed by atoms with Gasteiger partial charge in [0.15, 0.2) is 0 Å². The van der Waals surface area contributed by atoms with Crippen molar-refractivity contribution in [2.45, 2.75) is 58.7 Å². The maximum atomic E-state index is 13.1. The lowest BCUT2D eigenvalue weighted by molar-refractivity contribution is -0.117. The molecular formula is C25H30FN3O2. The van der Waals surface area contributed by atoms with Crippen LogP contribution in [0.4, 0.5) is 10.2 Å². The molecule has 3 rings (SSSR count). The van der Waals surface area contributed by atoms with E-state index in [1.54, 1.807) is 18.5 Å². The Hall–Kier alpha value is -2.86. The van der Waals surface area contributed by atoms with Crippen molar-refractivity contribution in [1.82, 2.24) is 9.97 Å². The highest BCUT2D eigenvalue weighted by molar-refractivity contribution is 5.96. The molecule has 0 bridgehead atoms. The highest BCUT2D eigenvalue weighted by Crippen LogP contribution is 2.35. The first-order chi connectivity index (χ1) is 14.7. The third-order valence-electron chi connectivity index (χ3n) is 6.05. The SMILES string of the molecule is C=C(/C=C(C)\C(=C/C)c1cc2cnc(NC(=O)C3CC3F)cc2cn1)C(O)(CC)CC. The van der Waals surface area contributed by atoms with Gasteiger partial charge < -0.3 is 10.4 Å². The van der Waals surface area contributed by atoms with E-state index in [1.807, 2.05) is 45.9 Å². The molecule has 1 aliphatic carbocycles. The Kier molecular flexibility index (Phi) is 6.70. The van der Waals surface area contributed by atoms with Crippen molar-refractivity contribution in [3.8, 4) is 0 Å². The van der Waals surface area contributed by atoms with Crippen molar-refractivity contribution in [2.75, 3.05) is 5.32 Å². The molecule has 1 saturated carbocycles. The molecule has 1 fully saturated rings. The summed E-state index contributed by atoms with van der Waals surface area (Å²) in [6.07, 6.45) is 7.75. The zero-order valence-electron chi connectivity index (χ0n) is 18.6. The molecule has 0 radical (unpaired) electrons. The minimum Gasteiger partial charge on any atom is -0.385 e. The average Bonchev–Trinajstić information content (AvgIpc) is 3.50. The van der Waals surface area contributed by atoms with E-state index in [1.165, 1.54) is 0 Å². The lowest BCUT2D eigenvalue weighted by Crippen LogP contribution is -2.28. The Morgan fingerprint density at radius 1 is 1.29 bits per heavy atom. The molecule has 31 heavy (non-hydrogen) atoms. The molecule has 0 saturated heterocycles. The minimum absolute atomic E-state index is 0.281. The first-order valence-corrected chi connectivity index (χ1v) is 10.7. The second kappa shape index (κ2) is 9.10. The van der Waals surface area contributed by atoms with Gasteiger partial charge in [-0.2, -0.15) is 0 Å². The van der Waals surface area contributed by atoms with E-state index in [9.17, 15) is 14.3 Å². The van der Waals surface area contributed by atoms with E-state index < -0.39 is 17.7 Å². The standard InChI is InChI=1S/C25H30FN3O2/c1-6-19(15(4)9-16(5)25(31,7-2)8-3)22-10-17-14-28-23(11-18(17)13-27-22)29-24(30)20-12-21(20)26/h6,9-11,13-14,20-21,31H,5,7-8,12H2,1-4H3,(H,28,29,30)/b15-9-,19-6+. The molecule has 1 aliphatic rings. The van der Waals surface area contributed by atoms with Crippen LogP contribution in [0.1, 0.15) is 52.7 Å². The van der Waals surface area contributed by atoms with E-state index in [2.05, 4.69) is 21.9 Å². The Morgan fingerprint density at radius 2 is 1.90 bits per heavy atom. The fourth-order valence-electron chi connectivity index (χ4n) is 3.66. The third kappa shape index (κ3) is 4.90. The predicted molar refractivity (Wildman–Crippen MR) is 123 cm³/mol. The molecule has 2 aromatic rings. The van der Waals surface area contributed by atoms with Crippen molar-refractivity contribution in [3.05, 3.63) is 60.1 Å². The quantitative estimate of drug-likeness (QED) is 0.559. The number of aliphatic hydroxyl groups is 1. The summed E-state index contributed by atoms with van der Waals surface area (Å²) in [7, 11) is 0. The lowest BCUT2D eigenvalue weighted by Gasteiger charge is -2.26. The van der Waals surface area contributed by atoms with Crippen LogP contribution in [0.3, 0.4) is 0 Å². The molecule has 5 nitrogen and oxygen atoms in total. The van der Waals surface area contributed by atoms with Gasteiger partial charge in [0.2, 0.25) is 5.91 Å². The van der Waals surface area contributed by atoms with Gasteiger partial charge in [0.25, 0.3) is 0 Å². The third-order valence-corrected chi connectivity index (χ3v) is 6.05. The summed E-state index contributed by atoms with van der Waals surface area (Å²) < 4.78 is 13.1. The number of anilines is 1. The number of carbonyl (C=O) groups is 1. The van der Waals surface area contributed by atoms with E-state index in [0.29, 0.717) is 24.2 Å². The summed E-state index contributed by atoms with van der Waals surface area (Å²) >= 11 is 0. The van der Waals surface area contributed by atoms with Gasteiger partial charge in [-0.15, -0.1) is 0 Å². The van der Waals surface area contributed by atoms with Crippen LogP contribution in [-0.4, -0.2) is 32.8 Å². The molecule has 0 aromatic carbocycles. The summed E-state index contributed by atoms with van der Waals surface area (Å²) in [5.41, 5.74) is 2.46. The summed E-state index contributed by atoms with van der Waals surface area (Å²) in [4.78, 5) is 20.8. The Morgan fingerprint density at radius 3 is 2.48 bits per heavy atom. The highest BCUT2D eigenvalue weighted by Gasteiger charge is 2.43. The number of alkyl halides is 1. The number of amides is 1. The molecule has 2 unspecified atom stereocenters. The number of allylic oxidation sites excluding steroid dienone is 3. The monoisotopic (exact) mass is 423 g/mol. The first-order valence-electron chi connectivity index (χ1n) is 10.7. The van der Waals surface area contributed by atoms with Gasteiger partial charge in [-0.05, 0) is 62.0 Å². The minimum atomic E-state index is -1.04. The summed E-state index contributed by atoms with van der Waals surface area (Å²) in [5.74, 6) is -0.499. The van der Waals surface area contributed by atoms with E-state index in [0.717, 1.165) is 27.6 Å². The van der Waals surface area contributed by atoms with Gasteiger partial charge >= 0.3 is 0 Å². The van der Waals surface area contributed by atoms with Crippen LogP contribution in [0.15, 0.2) is 54.4 Å². The molecule has 0 spiro atoms. The fraction of sp³-hybridized carbons (Fsp3) is 0.400. The molecule has 2 heterocycles. The summed E-state index contributed by atoms with van der Waals surface area (Å²) in [5, 5.41) is 15.1. The second-order valence-corrected chi connectivity index (χ2v) is 8.13.